The van der Waals surface area contributed by atoms with Crippen LogP contribution in [-0.2, 0) is 42.1 Å². The van der Waals surface area contributed by atoms with Crippen molar-refractivity contribution < 1.29 is 51.6 Å². The molecule has 0 saturated carbocycles. The van der Waals surface area contributed by atoms with Gasteiger partial charge in [0.05, 0.1) is 0 Å². The summed E-state index contributed by atoms with van der Waals surface area (Å²) in [5.41, 5.74) is 8.32. The Kier molecular flexibility index (Phi) is 11.7. The van der Waals surface area contributed by atoms with Crippen LogP contribution in [0.25, 0.3) is 72.5 Å². The van der Waals surface area contributed by atoms with E-state index in [0.717, 1.165) is 55.5 Å². The predicted molar refractivity (Wildman–Crippen MR) is 222 cm³/mol. The largest absolute Gasteiger partial charge is 2.00 e. The summed E-state index contributed by atoms with van der Waals surface area (Å²) in [6.07, 6.45) is 6.98. The molecule has 10 rings (SSSR count). The van der Waals surface area contributed by atoms with Crippen molar-refractivity contribution in [2.75, 3.05) is 0 Å². The summed E-state index contributed by atoms with van der Waals surface area (Å²) in [4.78, 5) is 18.5. The van der Waals surface area contributed by atoms with E-state index in [-0.39, 0.29) is 42.1 Å². The van der Waals surface area contributed by atoms with Crippen LogP contribution in [0.1, 0.15) is 0 Å². The molecule has 4 heterocycles. The van der Waals surface area contributed by atoms with Gasteiger partial charge in [0, 0.05) is 47.8 Å². The van der Waals surface area contributed by atoms with E-state index >= 15 is 0 Å². The Hall–Kier alpha value is -6.52. The monoisotopic (exact) mass is 1120 g/mol. The quantitative estimate of drug-likeness (QED) is 0.134. The number of nitrogens with zero attached hydrogens (tertiary/aromatic N) is 5. The number of ether oxygens (including phenoxy) is 2. The third-order valence-corrected chi connectivity index (χ3v) is 9.54. The average Bonchev–Trinajstić information content (AvgIpc) is 3.59. The fourth-order valence-corrected chi connectivity index (χ4v) is 6.93. The summed E-state index contributed by atoms with van der Waals surface area (Å²) in [5, 5.41) is 1.83. The van der Waals surface area contributed by atoms with Gasteiger partial charge in [-0.25, -0.2) is 9.97 Å². The van der Waals surface area contributed by atoms with Crippen molar-refractivity contribution in [3.8, 4) is 73.7 Å². The molecule has 4 aromatic heterocycles. The summed E-state index contributed by atoms with van der Waals surface area (Å²) in [6.45, 7) is 0. The minimum absolute atomic E-state index is 0. The van der Waals surface area contributed by atoms with Crippen LogP contribution in [0.5, 0.6) is 23.0 Å². The van der Waals surface area contributed by atoms with E-state index in [0.29, 0.717) is 40.0 Å². The van der Waals surface area contributed by atoms with Gasteiger partial charge >= 0.3 is 42.1 Å². The molecule has 286 valence electrons. The standard InChI is InChI=1S/C50H29N5O2.2Pt/c1-3-14-34(15-4-1)40-30-42-43-31-41(35-16-5-2-6-17-35)49(57-39-21-12-19-37(29-39)45-23-8-10-25-52-45)33-47(43)55(50-53-26-13-27-54-50)46(42)32-48(40)56-38-20-11-18-36(28-38)44-22-7-9-24-51-44;;/h1-27,30-31H;;/q-4;2*+2. The van der Waals surface area contributed by atoms with E-state index in [2.05, 4.69) is 70.6 Å². The zero-order valence-corrected chi connectivity index (χ0v) is 35.5. The first-order valence-electron chi connectivity index (χ1n) is 18.4. The number of pyridine rings is 2. The molecular weight excluding hydrogens is 1090 g/mol. The maximum Gasteiger partial charge on any atom is 2.00 e. The van der Waals surface area contributed by atoms with Crippen LogP contribution < -0.4 is 9.47 Å². The molecule has 0 unspecified atom stereocenters. The summed E-state index contributed by atoms with van der Waals surface area (Å²) < 4.78 is 15.4. The fourth-order valence-electron chi connectivity index (χ4n) is 6.93. The normalized spacial score (nSPS) is 10.8. The zero-order chi connectivity index (χ0) is 38.0. The van der Waals surface area contributed by atoms with E-state index in [9.17, 15) is 0 Å². The van der Waals surface area contributed by atoms with Gasteiger partial charge in [-0.1, -0.05) is 130 Å². The van der Waals surface area contributed by atoms with Crippen LogP contribution in [0.2, 0.25) is 0 Å². The molecule has 0 atom stereocenters. The van der Waals surface area contributed by atoms with Gasteiger partial charge in [0.15, 0.2) is 0 Å². The molecule has 10 aromatic rings. The van der Waals surface area contributed by atoms with E-state index in [1.54, 1.807) is 30.9 Å². The first-order valence-corrected chi connectivity index (χ1v) is 18.4. The average molecular weight is 1120 g/mol. The summed E-state index contributed by atoms with van der Waals surface area (Å²) in [5.74, 6) is 2.55. The minimum Gasteiger partial charge on any atom is -0.502 e. The Morgan fingerprint density at radius 1 is 0.407 bits per heavy atom. The van der Waals surface area contributed by atoms with Gasteiger partial charge in [0.2, 0.25) is 5.95 Å². The van der Waals surface area contributed by atoms with Gasteiger partial charge in [-0.15, -0.1) is 59.7 Å². The van der Waals surface area contributed by atoms with Crippen molar-refractivity contribution in [3.05, 3.63) is 201 Å². The van der Waals surface area contributed by atoms with Crippen molar-refractivity contribution in [2.45, 2.75) is 0 Å². The first-order chi connectivity index (χ1) is 28.2. The van der Waals surface area contributed by atoms with Gasteiger partial charge < -0.3 is 24.0 Å². The number of hydrogen-bond donors (Lipinski definition) is 0. The minimum atomic E-state index is 0. The molecule has 6 aromatic carbocycles. The third kappa shape index (κ3) is 8.00. The van der Waals surface area contributed by atoms with E-state index in [4.69, 9.17) is 19.4 Å². The Morgan fingerprint density at radius 2 is 0.847 bits per heavy atom. The van der Waals surface area contributed by atoms with Gasteiger partial charge in [0.1, 0.15) is 0 Å². The maximum atomic E-state index is 6.73. The number of hydrogen-bond acceptors (Lipinski definition) is 6. The van der Waals surface area contributed by atoms with Crippen molar-refractivity contribution in [1.82, 2.24) is 24.5 Å². The molecule has 0 aliphatic carbocycles. The Balaban J connectivity index is 0.00000242. The summed E-state index contributed by atoms with van der Waals surface area (Å²) >= 11 is 0. The van der Waals surface area contributed by atoms with Crippen molar-refractivity contribution in [3.63, 3.8) is 0 Å². The molecule has 0 aliphatic heterocycles. The number of aromatic nitrogens is 5. The molecule has 0 amide bonds. The smallest absolute Gasteiger partial charge is 0.502 e. The molecule has 7 nitrogen and oxygen atoms in total. The van der Waals surface area contributed by atoms with E-state index < -0.39 is 0 Å². The summed E-state index contributed by atoms with van der Waals surface area (Å²) in [7, 11) is 0. The van der Waals surface area contributed by atoms with E-state index in [1.165, 1.54) is 0 Å². The number of fused-ring (bicyclic) bond motifs is 3. The van der Waals surface area contributed by atoms with Crippen LogP contribution in [-0.4, -0.2) is 24.5 Å². The van der Waals surface area contributed by atoms with Gasteiger partial charge in [0.25, 0.3) is 0 Å². The van der Waals surface area contributed by atoms with Crippen molar-refractivity contribution in [2.24, 2.45) is 0 Å². The molecule has 59 heavy (non-hydrogen) atoms. The maximum absolute atomic E-state index is 6.73. The van der Waals surface area contributed by atoms with Crippen LogP contribution in [0.4, 0.5) is 0 Å². The number of benzene rings is 6. The van der Waals surface area contributed by atoms with E-state index in [1.807, 2.05) is 114 Å². The summed E-state index contributed by atoms with van der Waals surface area (Å²) in [6, 6.07) is 63.8. The van der Waals surface area contributed by atoms with Crippen LogP contribution >= 0.6 is 0 Å². The van der Waals surface area contributed by atoms with Crippen molar-refractivity contribution >= 4 is 21.8 Å². The fraction of sp³-hybridized carbons (Fsp3) is 0. The molecule has 0 bridgehead atoms. The Morgan fingerprint density at radius 3 is 1.29 bits per heavy atom. The Labute approximate surface area is 369 Å². The number of rotatable bonds is 9. The molecule has 0 saturated heterocycles. The van der Waals surface area contributed by atoms with Gasteiger partial charge in [-0.2, -0.15) is 22.9 Å². The second-order valence-electron chi connectivity index (χ2n) is 13.2. The molecule has 0 spiro atoms. The molecule has 9 heteroatoms. The zero-order valence-electron chi connectivity index (χ0n) is 30.9. The molecule has 0 aliphatic rings. The first kappa shape index (κ1) is 39.3. The molecule has 0 radical (unpaired) electrons. The predicted octanol–water partition coefficient (Wildman–Crippen LogP) is 11.8. The molecule has 0 fully saturated rings. The Bertz CT molecular complexity index is 2820. The van der Waals surface area contributed by atoms with Gasteiger partial charge in [-0.05, 0) is 29.6 Å². The van der Waals surface area contributed by atoms with Crippen LogP contribution in [0.3, 0.4) is 0 Å². The van der Waals surface area contributed by atoms with Crippen LogP contribution in [0.15, 0.2) is 176 Å². The van der Waals surface area contributed by atoms with Crippen molar-refractivity contribution in [1.29, 1.82) is 0 Å². The molecular formula is C50H29N5O2Pt2. The second-order valence-corrected chi connectivity index (χ2v) is 13.2. The van der Waals surface area contributed by atoms with Crippen LogP contribution in [0, 0.1) is 24.3 Å². The topological polar surface area (TPSA) is 75.0 Å². The SMILES string of the molecule is [Pt+2].[Pt+2].[c-]1c(Oc2[c-]c3c(cc2-c2ccccc2)c2cc(-c4ccccc4)c(Oc4[c-]c(-c5ccccn5)ccc4)[c-]c2n3-c2ncccn2)cccc1-c1ccccn1. The molecule has 0 N–H and O–H groups in total. The van der Waals surface area contributed by atoms with Gasteiger partial charge in [-0.3, -0.25) is 0 Å². The second kappa shape index (κ2) is 17.5. The third-order valence-electron chi connectivity index (χ3n) is 9.54.